The highest BCUT2D eigenvalue weighted by atomic mass is 16.5. The SMILES string of the molecule is Cc1ccccc1/C=C/C(=O)c1ccc(OCCCC(=O)O)cc1. The zero-order chi connectivity index (χ0) is 17.4. The van der Waals surface area contributed by atoms with Crippen LogP contribution in [0, 0.1) is 6.92 Å². The Kier molecular flexibility index (Phi) is 6.32. The van der Waals surface area contributed by atoms with Crippen molar-refractivity contribution in [3.63, 3.8) is 0 Å². The van der Waals surface area contributed by atoms with E-state index in [1.165, 1.54) is 0 Å². The van der Waals surface area contributed by atoms with E-state index in [1.54, 1.807) is 30.3 Å². The Balaban J connectivity index is 1.91. The summed E-state index contributed by atoms with van der Waals surface area (Å²) in [6, 6.07) is 14.7. The average Bonchev–Trinajstić information content (AvgIpc) is 2.58. The summed E-state index contributed by atoms with van der Waals surface area (Å²) in [7, 11) is 0. The molecule has 0 fully saturated rings. The van der Waals surface area contributed by atoms with Gasteiger partial charge in [-0.05, 0) is 54.8 Å². The van der Waals surface area contributed by atoms with E-state index in [0.717, 1.165) is 11.1 Å². The molecule has 0 unspecified atom stereocenters. The molecule has 1 N–H and O–H groups in total. The molecular weight excluding hydrogens is 304 g/mol. The van der Waals surface area contributed by atoms with E-state index in [1.807, 2.05) is 37.3 Å². The largest absolute Gasteiger partial charge is 0.494 e. The molecule has 4 nitrogen and oxygen atoms in total. The first-order valence-corrected chi connectivity index (χ1v) is 7.79. The number of carboxylic acids is 1. The summed E-state index contributed by atoms with van der Waals surface area (Å²) in [6.07, 6.45) is 3.91. The van der Waals surface area contributed by atoms with Gasteiger partial charge in [-0.2, -0.15) is 0 Å². The van der Waals surface area contributed by atoms with E-state index in [2.05, 4.69) is 0 Å². The number of aliphatic carboxylic acids is 1. The van der Waals surface area contributed by atoms with Crippen molar-refractivity contribution in [2.45, 2.75) is 19.8 Å². The number of rotatable bonds is 8. The van der Waals surface area contributed by atoms with Crippen LogP contribution in [0.2, 0.25) is 0 Å². The standard InChI is InChI=1S/C20H20O4/c1-15-5-2-3-6-16(15)10-13-19(21)17-8-11-18(12-9-17)24-14-4-7-20(22)23/h2-3,5-6,8-13H,4,7,14H2,1H3,(H,22,23)/b13-10+. The third-order valence-electron chi connectivity index (χ3n) is 3.55. The number of ether oxygens (including phenoxy) is 1. The molecule has 0 aliphatic heterocycles. The Hall–Kier alpha value is -2.88. The summed E-state index contributed by atoms with van der Waals surface area (Å²) < 4.78 is 5.44. The number of benzene rings is 2. The molecule has 0 aromatic heterocycles. The summed E-state index contributed by atoms with van der Waals surface area (Å²) >= 11 is 0. The normalized spacial score (nSPS) is 10.7. The van der Waals surface area contributed by atoms with Gasteiger partial charge in [0, 0.05) is 12.0 Å². The molecular formula is C20H20O4. The molecule has 2 rings (SSSR count). The number of carboxylic acid groups (broad SMARTS) is 1. The minimum Gasteiger partial charge on any atom is -0.494 e. The third kappa shape index (κ3) is 5.39. The predicted molar refractivity (Wildman–Crippen MR) is 93.4 cm³/mol. The number of hydrogen-bond donors (Lipinski definition) is 1. The van der Waals surface area contributed by atoms with Crippen LogP contribution in [-0.2, 0) is 4.79 Å². The van der Waals surface area contributed by atoms with Gasteiger partial charge in [-0.15, -0.1) is 0 Å². The average molecular weight is 324 g/mol. The maximum Gasteiger partial charge on any atom is 0.303 e. The number of carbonyl (C=O) groups excluding carboxylic acids is 1. The summed E-state index contributed by atoms with van der Waals surface area (Å²) in [5.41, 5.74) is 2.72. The lowest BCUT2D eigenvalue weighted by Crippen LogP contribution is -2.02. The lowest BCUT2D eigenvalue weighted by Gasteiger charge is -2.05. The van der Waals surface area contributed by atoms with Crippen molar-refractivity contribution in [3.8, 4) is 5.75 Å². The zero-order valence-corrected chi connectivity index (χ0v) is 13.6. The smallest absolute Gasteiger partial charge is 0.303 e. The van der Waals surface area contributed by atoms with Crippen LogP contribution in [-0.4, -0.2) is 23.5 Å². The first kappa shape index (κ1) is 17.5. The molecule has 0 heterocycles. The van der Waals surface area contributed by atoms with Crippen molar-refractivity contribution in [2.24, 2.45) is 0 Å². The summed E-state index contributed by atoms with van der Waals surface area (Å²) in [5, 5.41) is 8.56. The fraction of sp³-hybridized carbons (Fsp3) is 0.200. The van der Waals surface area contributed by atoms with E-state index in [9.17, 15) is 9.59 Å². The summed E-state index contributed by atoms with van der Waals surface area (Å²) in [6.45, 7) is 2.34. The lowest BCUT2D eigenvalue weighted by atomic mass is 10.1. The van der Waals surface area contributed by atoms with Crippen molar-refractivity contribution < 1.29 is 19.4 Å². The molecule has 0 amide bonds. The summed E-state index contributed by atoms with van der Waals surface area (Å²) in [4.78, 5) is 22.6. The van der Waals surface area contributed by atoms with Crippen molar-refractivity contribution in [1.82, 2.24) is 0 Å². The number of hydrogen-bond acceptors (Lipinski definition) is 3. The molecule has 2 aromatic rings. The maximum absolute atomic E-state index is 12.2. The van der Waals surface area contributed by atoms with Gasteiger partial charge in [0.2, 0.25) is 0 Å². The van der Waals surface area contributed by atoms with Gasteiger partial charge in [-0.1, -0.05) is 30.3 Å². The number of allylic oxidation sites excluding steroid dienone is 1. The predicted octanol–water partition coefficient (Wildman–Crippen LogP) is 4.13. The van der Waals surface area contributed by atoms with Gasteiger partial charge in [0.1, 0.15) is 5.75 Å². The van der Waals surface area contributed by atoms with Gasteiger partial charge in [-0.3, -0.25) is 9.59 Å². The highest BCUT2D eigenvalue weighted by molar-refractivity contribution is 6.06. The fourth-order valence-corrected chi connectivity index (χ4v) is 2.16. The van der Waals surface area contributed by atoms with Crippen LogP contribution in [0.1, 0.15) is 34.3 Å². The van der Waals surface area contributed by atoms with Crippen LogP contribution in [0.25, 0.3) is 6.08 Å². The van der Waals surface area contributed by atoms with Crippen molar-refractivity contribution >= 4 is 17.8 Å². The second-order valence-electron chi connectivity index (χ2n) is 5.42. The van der Waals surface area contributed by atoms with E-state index >= 15 is 0 Å². The molecule has 0 aliphatic carbocycles. The van der Waals surface area contributed by atoms with Gasteiger partial charge in [0.15, 0.2) is 5.78 Å². The maximum atomic E-state index is 12.2. The van der Waals surface area contributed by atoms with Gasteiger partial charge in [-0.25, -0.2) is 0 Å². The topological polar surface area (TPSA) is 63.6 Å². The molecule has 0 atom stereocenters. The van der Waals surface area contributed by atoms with Gasteiger partial charge in [0.05, 0.1) is 6.61 Å². The minimum absolute atomic E-state index is 0.0734. The minimum atomic E-state index is -0.833. The van der Waals surface area contributed by atoms with E-state index in [0.29, 0.717) is 24.3 Å². The van der Waals surface area contributed by atoms with E-state index < -0.39 is 5.97 Å². The molecule has 24 heavy (non-hydrogen) atoms. The van der Waals surface area contributed by atoms with Crippen LogP contribution >= 0.6 is 0 Å². The van der Waals surface area contributed by atoms with Crippen molar-refractivity contribution in [3.05, 3.63) is 71.3 Å². The Morgan fingerprint density at radius 1 is 1.08 bits per heavy atom. The molecule has 0 bridgehead atoms. The Morgan fingerprint density at radius 2 is 1.79 bits per heavy atom. The van der Waals surface area contributed by atoms with Gasteiger partial charge >= 0.3 is 5.97 Å². The van der Waals surface area contributed by atoms with Crippen LogP contribution in [0.15, 0.2) is 54.6 Å². The van der Waals surface area contributed by atoms with Gasteiger partial charge < -0.3 is 9.84 Å². The number of ketones is 1. The lowest BCUT2D eigenvalue weighted by molar-refractivity contribution is -0.137. The fourth-order valence-electron chi connectivity index (χ4n) is 2.16. The molecule has 0 aliphatic rings. The third-order valence-corrected chi connectivity index (χ3v) is 3.55. The number of carbonyl (C=O) groups is 2. The van der Waals surface area contributed by atoms with Crippen molar-refractivity contribution in [2.75, 3.05) is 6.61 Å². The van der Waals surface area contributed by atoms with Crippen LogP contribution in [0.5, 0.6) is 5.75 Å². The first-order valence-electron chi connectivity index (χ1n) is 7.79. The molecule has 0 saturated carbocycles. The molecule has 4 heteroatoms. The Morgan fingerprint density at radius 3 is 2.46 bits per heavy atom. The van der Waals surface area contributed by atoms with Crippen LogP contribution < -0.4 is 4.74 Å². The highest BCUT2D eigenvalue weighted by Gasteiger charge is 2.03. The van der Waals surface area contributed by atoms with Crippen LogP contribution in [0.4, 0.5) is 0 Å². The molecule has 124 valence electrons. The van der Waals surface area contributed by atoms with Crippen LogP contribution in [0.3, 0.4) is 0 Å². The molecule has 0 spiro atoms. The van der Waals surface area contributed by atoms with Gasteiger partial charge in [0.25, 0.3) is 0 Å². The second kappa shape index (κ2) is 8.67. The monoisotopic (exact) mass is 324 g/mol. The summed E-state index contributed by atoms with van der Waals surface area (Å²) in [5.74, 6) is -0.282. The quantitative estimate of drug-likeness (QED) is 0.450. The zero-order valence-electron chi connectivity index (χ0n) is 13.6. The van der Waals surface area contributed by atoms with E-state index in [4.69, 9.17) is 9.84 Å². The molecule has 2 aromatic carbocycles. The number of aryl methyl sites for hydroxylation is 1. The Bertz CT molecular complexity index is 730. The first-order chi connectivity index (χ1) is 11.6. The molecule has 0 saturated heterocycles. The van der Waals surface area contributed by atoms with E-state index in [-0.39, 0.29) is 12.2 Å². The second-order valence-corrected chi connectivity index (χ2v) is 5.42. The molecule has 0 radical (unpaired) electrons. The Labute approximate surface area is 141 Å². The highest BCUT2D eigenvalue weighted by Crippen LogP contribution is 2.15. The van der Waals surface area contributed by atoms with Crippen molar-refractivity contribution in [1.29, 1.82) is 0 Å².